The zero-order chi connectivity index (χ0) is 22.2. The van der Waals surface area contributed by atoms with Gasteiger partial charge in [0.15, 0.2) is 5.13 Å². The molecule has 0 aliphatic carbocycles. The van der Waals surface area contributed by atoms with E-state index < -0.39 is 15.9 Å². The van der Waals surface area contributed by atoms with Crippen molar-refractivity contribution in [2.75, 3.05) is 18.4 Å². The van der Waals surface area contributed by atoms with Crippen LogP contribution in [0.15, 0.2) is 40.6 Å². The topological polar surface area (TPSA) is 79.4 Å². The molecule has 0 radical (unpaired) electrons. The third kappa shape index (κ3) is 4.97. The van der Waals surface area contributed by atoms with Crippen molar-refractivity contribution in [3.8, 4) is 11.3 Å². The lowest BCUT2D eigenvalue weighted by atomic mass is 9.99. The number of halogens is 2. The van der Waals surface area contributed by atoms with Gasteiger partial charge in [0.25, 0.3) is 0 Å². The Labute approximate surface area is 198 Å². The normalized spacial score (nSPS) is 17.6. The number of amides is 1. The minimum Gasteiger partial charge on any atom is -0.302 e. The van der Waals surface area contributed by atoms with Gasteiger partial charge < -0.3 is 5.32 Å². The molecule has 1 saturated heterocycles. The highest BCUT2D eigenvalue weighted by Gasteiger charge is 2.33. The van der Waals surface area contributed by atoms with Crippen molar-refractivity contribution in [1.29, 1.82) is 0 Å². The van der Waals surface area contributed by atoms with E-state index in [0.29, 0.717) is 38.9 Å². The van der Waals surface area contributed by atoms with Crippen LogP contribution in [0.1, 0.15) is 18.4 Å². The predicted molar refractivity (Wildman–Crippen MR) is 127 cm³/mol. The largest absolute Gasteiger partial charge is 0.302 e. The van der Waals surface area contributed by atoms with Gasteiger partial charge in [-0.2, -0.15) is 4.31 Å². The van der Waals surface area contributed by atoms with E-state index in [2.05, 4.69) is 10.3 Å². The molecule has 4 rings (SSSR count). The van der Waals surface area contributed by atoms with Crippen molar-refractivity contribution in [3.63, 3.8) is 0 Å². The zero-order valence-corrected chi connectivity index (χ0v) is 20.4. The Morgan fingerprint density at radius 2 is 2.00 bits per heavy atom. The number of hydrogen-bond donors (Lipinski definition) is 1. The lowest BCUT2D eigenvalue weighted by molar-refractivity contribution is -0.120. The molecule has 1 aromatic carbocycles. The fraction of sp³-hybridized carbons (Fsp3) is 0.300. The third-order valence-electron chi connectivity index (χ3n) is 5.08. The summed E-state index contributed by atoms with van der Waals surface area (Å²) in [5.41, 5.74) is 2.35. The summed E-state index contributed by atoms with van der Waals surface area (Å²) in [6, 6.07) is 8.49. The lowest BCUT2D eigenvalue weighted by Gasteiger charge is -2.31. The molecule has 31 heavy (non-hydrogen) atoms. The molecule has 6 nitrogen and oxygen atoms in total. The highest BCUT2D eigenvalue weighted by atomic mass is 35.5. The van der Waals surface area contributed by atoms with E-state index in [4.69, 9.17) is 23.2 Å². The van der Waals surface area contributed by atoms with Gasteiger partial charge in [0.05, 0.1) is 20.8 Å². The Morgan fingerprint density at radius 1 is 1.26 bits per heavy atom. The van der Waals surface area contributed by atoms with Crippen molar-refractivity contribution < 1.29 is 13.2 Å². The number of hydrogen-bond acceptors (Lipinski definition) is 6. The van der Waals surface area contributed by atoms with Gasteiger partial charge in [-0.3, -0.25) is 4.79 Å². The van der Waals surface area contributed by atoms with Crippen molar-refractivity contribution in [2.24, 2.45) is 5.92 Å². The number of carbonyl (C=O) groups excluding carboxylic acids is 1. The van der Waals surface area contributed by atoms with E-state index in [-0.39, 0.29) is 17.3 Å². The number of aromatic nitrogens is 1. The van der Waals surface area contributed by atoms with Crippen molar-refractivity contribution in [2.45, 2.75) is 24.7 Å². The molecule has 1 atom stereocenters. The number of benzene rings is 1. The third-order valence-corrected chi connectivity index (χ3v) is 9.21. The summed E-state index contributed by atoms with van der Waals surface area (Å²) < 4.78 is 28.5. The standard InChI is InChI=1S/C20H19Cl2N3O3S3/c1-12-4-6-14(7-5-12)31(27,28)25-8-2-3-13(10-25)19(26)24-20-23-16(11-29-20)15-9-17(21)30-18(15)22/h4-7,9,11,13H,2-3,8,10H2,1H3,(H,23,24,26). The van der Waals surface area contributed by atoms with Crippen LogP contribution in [0.3, 0.4) is 0 Å². The van der Waals surface area contributed by atoms with Gasteiger partial charge in [0.2, 0.25) is 15.9 Å². The lowest BCUT2D eigenvalue weighted by Crippen LogP contribution is -2.43. The molecule has 3 heterocycles. The molecule has 11 heteroatoms. The molecule has 0 saturated carbocycles. The smallest absolute Gasteiger partial charge is 0.243 e. The summed E-state index contributed by atoms with van der Waals surface area (Å²) in [6.45, 7) is 2.45. The molecule has 2 aromatic heterocycles. The van der Waals surface area contributed by atoms with E-state index in [1.54, 1.807) is 35.7 Å². The minimum absolute atomic E-state index is 0.145. The number of carbonyl (C=O) groups is 1. The number of anilines is 1. The number of thiazole rings is 1. The molecule has 1 amide bonds. The first-order valence-electron chi connectivity index (χ1n) is 9.52. The first-order valence-corrected chi connectivity index (χ1v) is 13.4. The second-order valence-electron chi connectivity index (χ2n) is 7.28. The van der Waals surface area contributed by atoms with Crippen LogP contribution in [0.5, 0.6) is 0 Å². The van der Waals surface area contributed by atoms with E-state index in [1.807, 2.05) is 6.92 Å². The summed E-state index contributed by atoms with van der Waals surface area (Å²) in [5, 5.41) is 5.06. The van der Waals surface area contributed by atoms with Crippen LogP contribution in [-0.2, 0) is 14.8 Å². The zero-order valence-electron chi connectivity index (χ0n) is 16.5. The summed E-state index contributed by atoms with van der Waals surface area (Å²) in [4.78, 5) is 17.5. The summed E-state index contributed by atoms with van der Waals surface area (Å²) >= 11 is 14.7. The second kappa shape index (κ2) is 9.17. The summed E-state index contributed by atoms with van der Waals surface area (Å²) in [7, 11) is -3.64. The Morgan fingerprint density at radius 3 is 2.68 bits per heavy atom. The van der Waals surface area contributed by atoms with Gasteiger partial charge in [0, 0.05) is 24.0 Å². The number of aryl methyl sites for hydroxylation is 1. The van der Waals surface area contributed by atoms with Crippen LogP contribution in [0, 0.1) is 12.8 Å². The minimum atomic E-state index is -3.64. The Kier molecular flexibility index (Phi) is 6.71. The van der Waals surface area contributed by atoms with Gasteiger partial charge in [0.1, 0.15) is 4.34 Å². The monoisotopic (exact) mass is 515 g/mol. The van der Waals surface area contributed by atoms with Crippen molar-refractivity contribution in [3.05, 3.63) is 49.9 Å². The average Bonchev–Trinajstić information content (AvgIpc) is 3.33. The summed E-state index contributed by atoms with van der Waals surface area (Å²) in [5.74, 6) is -0.681. The average molecular weight is 516 g/mol. The second-order valence-corrected chi connectivity index (χ2v) is 12.4. The molecular formula is C20H19Cl2N3O3S3. The van der Waals surface area contributed by atoms with Crippen molar-refractivity contribution >= 4 is 66.9 Å². The molecule has 1 fully saturated rings. The molecule has 1 aliphatic rings. The van der Waals surface area contributed by atoms with Gasteiger partial charge in [-0.1, -0.05) is 40.9 Å². The van der Waals surface area contributed by atoms with Crippen LogP contribution in [0.25, 0.3) is 11.3 Å². The SMILES string of the molecule is Cc1ccc(S(=O)(=O)N2CCCC(C(=O)Nc3nc(-c4cc(Cl)sc4Cl)cs3)C2)cc1. The number of nitrogens with zero attached hydrogens (tertiary/aromatic N) is 2. The Bertz CT molecular complexity index is 1210. The molecule has 0 bridgehead atoms. The number of piperidine rings is 1. The van der Waals surface area contributed by atoms with Crippen molar-refractivity contribution in [1.82, 2.24) is 9.29 Å². The predicted octanol–water partition coefficient (Wildman–Crippen LogP) is 5.53. The van der Waals surface area contributed by atoms with E-state index >= 15 is 0 Å². The molecule has 1 aliphatic heterocycles. The maximum absolute atomic E-state index is 13.0. The van der Waals surface area contributed by atoms with E-state index in [1.165, 1.54) is 27.0 Å². The molecule has 1 N–H and O–H groups in total. The van der Waals surface area contributed by atoms with Crippen LogP contribution in [0.2, 0.25) is 8.67 Å². The number of rotatable bonds is 5. The number of thiophene rings is 1. The van der Waals surface area contributed by atoms with Crippen LogP contribution in [-0.4, -0.2) is 36.7 Å². The molecule has 164 valence electrons. The Balaban J connectivity index is 1.45. The highest BCUT2D eigenvalue weighted by Crippen LogP contribution is 2.39. The summed E-state index contributed by atoms with van der Waals surface area (Å²) in [6.07, 6.45) is 1.24. The van der Waals surface area contributed by atoms with E-state index in [9.17, 15) is 13.2 Å². The van der Waals surface area contributed by atoms with Gasteiger partial charge in [-0.15, -0.1) is 22.7 Å². The van der Waals surface area contributed by atoms with Crippen LogP contribution >= 0.6 is 45.9 Å². The molecule has 0 spiro atoms. The number of sulfonamides is 1. The van der Waals surface area contributed by atoms with E-state index in [0.717, 1.165) is 11.1 Å². The highest BCUT2D eigenvalue weighted by molar-refractivity contribution is 7.89. The van der Waals surface area contributed by atoms with Crippen LogP contribution in [0.4, 0.5) is 5.13 Å². The molecule has 1 unspecified atom stereocenters. The first-order chi connectivity index (χ1) is 14.7. The number of nitrogens with one attached hydrogen (secondary N) is 1. The Hall–Kier alpha value is -1.49. The molecule has 3 aromatic rings. The van der Waals surface area contributed by atoms with Gasteiger partial charge in [-0.05, 0) is 38.0 Å². The van der Waals surface area contributed by atoms with Gasteiger partial charge in [-0.25, -0.2) is 13.4 Å². The first kappa shape index (κ1) is 22.7. The maximum Gasteiger partial charge on any atom is 0.243 e. The molecular weight excluding hydrogens is 497 g/mol. The maximum atomic E-state index is 13.0. The fourth-order valence-electron chi connectivity index (χ4n) is 3.41. The fourth-order valence-corrected chi connectivity index (χ4v) is 7.13. The van der Waals surface area contributed by atoms with Gasteiger partial charge >= 0.3 is 0 Å². The van der Waals surface area contributed by atoms with Crippen LogP contribution < -0.4 is 5.32 Å². The quantitative estimate of drug-likeness (QED) is 0.484.